The lowest BCUT2D eigenvalue weighted by molar-refractivity contribution is -0.384. The molecule has 194 valence electrons. The number of carbonyl (C=O) groups is 5. The van der Waals surface area contributed by atoms with E-state index in [1.165, 1.54) is 36.4 Å². The number of non-ortho nitro benzene ring substituents is 1. The van der Waals surface area contributed by atoms with Crippen LogP contribution in [0.1, 0.15) is 28.8 Å². The number of nitrogens with two attached hydrogens (primary N) is 1. The van der Waals surface area contributed by atoms with Crippen LogP contribution in [0, 0.1) is 33.8 Å². The number of primary amides is 1. The fourth-order valence-corrected chi connectivity index (χ4v) is 5.83. The Morgan fingerprint density at radius 2 is 1.82 bits per heavy atom. The fraction of sp³-hybridized carbons (Fsp3) is 0.320. The first-order valence-electron chi connectivity index (χ1n) is 11.6. The number of nitro benzene ring substituents is 1. The molecule has 1 amide bonds. The van der Waals surface area contributed by atoms with Gasteiger partial charge in [0.15, 0.2) is 34.7 Å². The Morgan fingerprint density at radius 1 is 1.08 bits per heavy atom. The minimum absolute atomic E-state index is 0.0311. The van der Waals surface area contributed by atoms with Crippen LogP contribution in [-0.2, 0) is 25.6 Å². The Labute approximate surface area is 213 Å². The molecule has 3 aliphatic rings. The van der Waals surface area contributed by atoms with Crippen molar-refractivity contribution in [3.8, 4) is 5.75 Å². The number of carbonyl (C=O) groups excluding carboxylic acids is 5. The van der Waals surface area contributed by atoms with E-state index in [0.717, 1.165) is 0 Å². The van der Waals surface area contributed by atoms with Gasteiger partial charge in [0.2, 0.25) is 5.91 Å². The standard InChI is InChI=1S/C25H20N4O9/c26-24(35)20-17(31)8-11-6-10-7-14-15(28-27-12-2-1-3-13(9-12)29(37)38)4-5-16(30)19(14)21(32)18(10)22(33)25(11,36)23(20)34/h1-5,9-11,18,20,30,36H,6-8H2,(H2,26,35)/t10-,11+,18?,20?,25+/m1/s1. The lowest BCUT2D eigenvalue weighted by Crippen LogP contribution is -2.68. The van der Waals surface area contributed by atoms with Gasteiger partial charge in [-0.3, -0.25) is 34.1 Å². The highest BCUT2D eigenvalue weighted by Gasteiger charge is 2.66. The molecule has 0 saturated heterocycles. The molecule has 2 aromatic rings. The number of phenolic OH excluding ortho intramolecular Hbond substituents is 1. The largest absolute Gasteiger partial charge is 0.507 e. The van der Waals surface area contributed by atoms with Gasteiger partial charge >= 0.3 is 0 Å². The highest BCUT2D eigenvalue weighted by atomic mass is 16.6. The molecule has 5 atom stereocenters. The zero-order valence-corrected chi connectivity index (χ0v) is 19.6. The molecule has 0 aromatic heterocycles. The van der Waals surface area contributed by atoms with Gasteiger partial charge in [-0.15, -0.1) is 0 Å². The Kier molecular flexibility index (Phi) is 5.75. The van der Waals surface area contributed by atoms with Crippen molar-refractivity contribution in [3.63, 3.8) is 0 Å². The molecular weight excluding hydrogens is 500 g/mol. The van der Waals surface area contributed by atoms with E-state index in [-0.39, 0.29) is 41.0 Å². The molecule has 0 heterocycles. The van der Waals surface area contributed by atoms with Crippen molar-refractivity contribution in [1.82, 2.24) is 0 Å². The summed E-state index contributed by atoms with van der Waals surface area (Å²) in [5.41, 5.74) is 2.64. The van der Waals surface area contributed by atoms with Gasteiger partial charge in [-0.1, -0.05) is 6.07 Å². The van der Waals surface area contributed by atoms with Crippen LogP contribution >= 0.6 is 0 Å². The van der Waals surface area contributed by atoms with Crippen LogP contribution < -0.4 is 5.73 Å². The zero-order chi connectivity index (χ0) is 27.5. The summed E-state index contributed by atoms with van der Waals surface area (Å²) in [6.45, 7) is 0. The van der Waals surface area contributed by atoms with E-state index in [1.807, 2.05) is 0 Å². The number of hydrogen-bond donors (Lipinski definition) is 3. The van der Waals surface area contributed by atoms with Crippen LogP contribution in [-0.4, -0.2) is 49.8 Å². The predicted octanol–water partition coefficient (Wildman–Crippen LogP) is 1.65. The molecule has 0 spiro atoms. The summed E-state index contributed by atoms with van der Waals surface area (Å²) in [5, 5.41) is 40.9. The van der Waals surface area contributed by atoms with E-state index in [4.69, 9.17) is 5.73 Å². The van der Waals surface area contributed by atoms with Crippen molar-refractivity contribution in [3.05, 3.63) is 57.6 Å². The molecule has 0 aliphatic heterocycles. The number of aliphatic hydroxyl groups is 1. The van der Waals surface area contributed by atoms with Gasteiger partial charge in [0.1, 0.15) is 5.75 Å². The van der Waals surface area contributed by atoms with Gasteiger partial charge < -0.3 is 15.9 Å². The number of benzene rings is 2. The molecule has 2 saturated carbocycles. The summed E-state index contributed by atoms with van der Waals surface area (Å²) < 4.78 is 0. The van der Waals surface area contributed by atoms with Crippen molar-refractivity contribution in [2.75, 3.05) is 0 Å². The van der Waals surface area contributed by atoms with E-state index in [1.54, 1.807) is 0 Å². The smallest absolute Gasteiger partial charge is 0.271 e. The normalized spacial score (nSPS) is 28.6. The number of amides is 1. The highest BCUT2D eigenvalue weighted by Crippen LogP contribution is 2.51. The molecule has 0 radical (unpaired) electrons. The molecule has 38 heavy (non-hydrogen) atoms. The van der Waals surface area contributed by atoms with Crippen LogP contribution in [0.15, 0.2) is 46.6 Å². The van der Waals surface area contributed by atoms with Crippen molar-refractivity contribution in [2.24, 2.45) is 39.6 Å². The summed E-state index contributed by atoms with van der Waals surface area (Å²) in [6, 6.07) is 7.98. The lowest BCUT2D eigenvalue weighted by atomic mass is 9.54. The third-order valence-corrected chi connectivity index (χ3v) is 7.57. The maximum Gasteiger partial charge on any atom is 0.271 e. The lowest BCUT2D eigenvalue weighted by Gasteiger charge is -2.48. The van der Waals surface area contributed by atoms with Crippen LogP contribution in [0.2, 0.25) is 0 Å². The predicted molar refractivity (Wildman–Crippen MR) is 126 cm³/mol. The van der Waals surface area contributed by atoms with Crippen LogP contribution in [0.5, 0.6) is 5.75 Å². The molecule has 13 heteroatoms. The number of rotatable bonds is 4. The first-order chi connectivity index (χ1) is 17.9. The SMILES string of the molecule is NC(=O)C1C(=O)C[C@@H]2C[C@@H]3Cc4c(N=Nc5cccc([N+](=O)[O-])c5)ccc(O)c4C(=O)C3C(=O)[C@]2(O)C1=O. The second-order valence-electron chi connectivity index (χ2n) is 9.67. The van der Waals surface area contributed by atoms with Crippen LogP contribution in [0.4, 0.5) is 17.1 Å². The number of fused-ring (bicyclic) bond motifs is 3. The number of azo groups is 1. The molecule has 5 rings (SSSR count). The highest BCUT2D eigenvalue weighted by molar-refractivity contribution is 6.31. The summed E-state index contributed by atoms with van der Waals surface area (Å²) >= 11 is 0. The van der Waals surface area contributed by atoms with E-state index in [9.17, 15) is 44.3 Å². The average Bonchev–Trinajstić information content (AvgIpc) is 2.85. The number of ketones is 4. The summed E-state index contributed by atoms with van der Waals surface area (Å²) in [7, 11) is 0. The number of aromatic hydroxyl groups is 1. The summed E-state index contributed by atoms with van der Waals surface area (Å²) in [4.78, 5) is 74.6. The van der Waals surface area contributed by atoms with Gasteiger partial charge in [0.05, 0.1) is 27.8 Å². The number of Topliss-reactive ketones (excluding diaryl/α,β-unsaturated/α-hetero) is 4. The molecule has 2 unspecified atom stereocenters. The van der Waals surface area contributed by atoms with E-state index < -0.39 is 75.4 Å². The summed E-state index contributed by atoms with van der Waals surface area (Å²) in [5.74, 6) is -11.1. The molecule has 2 fully saturated rings. The van der Waals surface area contributed by atoms with Crippen molar-refractivity contribution >= 4 is 46.1 Å². The second-order valence-corrected chi connectivity index (χ2v) is 9.67. The molecule has 0 bridgehead atoms. The van der Waals surface area contributed by atoms with Crippen molar-refractivity contribution in [2.45, 2.75) is 24.9 Å². The van der Waals surface area contributed by atoms with Crippen molar-refractivity contribution < 1.29 is 39.1 Å². The van der Waals surface area contributed by atoms with Gasteiger partial charge in [0, 0.05) is 24.5 Å². The number of nitro groups is 1. The van der Waals surface area contributed by atoms with Crippen molar-refractivity contribution in [1.29, 1.82) is 0 Å². The number of nitrogens with zero attached hydrogens (tertiary/aromatic N) is 3. The Balaban J connectivity index is 1.54. The number of phenols is 1. The van der Waals surface area contributed by atoms with Crippen LogP contribution in [0.25, 0.3) is 0 Å². The molecular formula is C25H20N4O9. The monoisotopic (exact) mass is 520 g/mol. The molecule has 4 N–H and O–H groups in total. The van der Waals surface area contributed by atoms with Gasteiger partial charge in [0.25, 0.3) is 5.69 Å². The third kappa shape index (κ3) is 3.62. The zero-order valence-electron chi connectivity index (χ0n) is 19.6. The van der Waals surface area contributed by atoms with E-state index in [2.05, 4.69) is 10.2 Å². The molecule has 13 nitrogen and oxygen atoms in total. The van der Waals surface area contributed by atoms with E-state index >= 15 is 0 Å². The summed E-state index contributed by atoms with van der Waals surface area (Å²) in [6.07, 6.45) is -0.465. The maximum atomic E-state index is 13.5. The Bertz CT molecular complexity index is 1500. The quantitative estimate of drug-likeness (QED) is 0.230. The van der Waals surface area contributed by atoms with E-state index in [0.29, 0.717) is 0 Å². The minimum Gasteiger partial charge on any atom is -0.507 e. The first kappa shape index (κ1) is 25.0. The average molecular weight is 520 g/mol. The minimum atomic E-state index is -2.73. The third-order valence-electron chi connectivity index (χ3n) is 7.57. The molecule has 2 aromatic carbocycles. The van der Waals surface area contributed by atoms with Gasteiger partial charge in [-0.25, -0.2) is 0 Å². The first-order valence-corrected chi connectivity index (χ1v) is 11.6. The number of hydrogen-bond acceptors (Lipinski definition) is 11. The fourth-order valence-electron chi connectivity index (χ4n) is 5.83. The van der Waals surface area contributed by atoms with Gasteiger partial charge in [-0.05, 0) is 42.5 Å². The Morgan fingerprint density at radius 3 is 2.50 bits per heavy atom. The maximum absolute atomic E-state index is 13.5. The second kappa shape index (κ2) is 8.73. The Hall–Kier alpha value is -4.65. The topological polar surface area (TPSA) is 220 Å². The van der Waals surface area contributed by atoms with Gasteiger partial charge in [-0.2, -0.15) is 10.2 Å². The molecule has 3 aliphatic carbocycles. The van der Waals surface area contributed by atoms with Crippen LogP contribution in [0.3, 0.4) is 0 Å².